The van der Waals surface area contributed by atoms with E-state index in [0.717, 1.165) is 15.9 Å². The van der Waals surface area contributed by atoms with Gasteiger partial charge in [0.1, 0.15) is 17.3 Å². The first-order valence-electron chi connectivity index (χ1n) is 6.03. The van der Waals surface area contributed by atoms with Crippen molar-refractivity contribution in [3.05, 3.63) is 39.8 Å². The summed E-state index contributed by atoms with van der Waals surface area (Å²) in [6, 6.07) is 5.13. The third-order valence-corrected chi connectivity index (χ3v) is 3.52. The van der Waals surface area contributed by atoms with Crippen molar-refractivity contribution < 1.29 is 9.32 Å². The molecule has 0 radical (unpaired) electrons. The summed E-state index contributed by atoms with van der Waals surface area (Å²) in [5, 5.41) is 6.59. The van der Waals surface area contributed by atoms with Crippen LogP contribution in [0.3, 0.4) is 0 Å². The third kappa shape index (κ3) is 3.57. The van der Waals surface area contributed by atoms with Gasteiger partial charge in [-0.2, -0.15) is 0 Å². The largest absolute Gasteiger partial charge is 0.361 e. The van der Waals surface area contributed by atoms with Crippen LogP contribution in [-0.4, -0.2) is 28.1 Å². The molecule has 0 bridgehead atoms. The van der Waals surface area contributed by atoms with Crippen molar-refractivity contribution in [1.82, 2.24) is 15.0 Å². The highest BCUT2D eigenvalue weighted by Gasteiger charge is 2.12. The van der Waals surface area contributed by atoms with Crippen LogP contribution in [0.25, 0.3) is 0 Å². The van der Waals surface area contributed by atoms with Crippen molar-refractivity contribution in [3.8, 4) is 0 Å². The number of amides is 2. The molecule has 0 aliphatic rings. The van der Waals surface area contributed by atoms with Gasteiger partial charge in [0.25, 0.3) is 0 Å². The van der Waals surface area contributed by atoms with Crippen LogP contribution in [0, 0.1) is 13.8 Å². The zero-order valence-corrected chi connectivity index (χ0v) is 13.1. The van der Waals surface area contributed by atoms with Gasteiger partial charge < -0.3 is 9.42 Å². The topological polar surface area (TPSA) is 71.3 Å². The molecule has 2 rings (SSSR count). The summed E-state index contributed by atoms with van der Waals surface area (Å²) < 4.78 is 5.87. The fourth-order valence-corrected chi connectivity index (χ4v) is 1.85. The van der Waals surface area contributed by atoms with Crippen molar-refractivity contribution in [2.45, 2.75) is 20.4 Å². The number of rotatable bonds is 3. The van der Waals surface area contributed by atoms with Gasteiger partial charge in [-0.05, 0) is 41.9 Å². The predicted molar refractivity (Wildman–Crippen MR) is 78.4 cm³/mol. The lowest BCUT2D eigenvalue weighted by Gasteiger charge is -2.16. The summed E-state index contributed by atoms with van der Waals surface area (Å²) in [4.78, 5) is 17.8. The van der Waals surface area contributed by atoms with E-state index in [1.165, 1.54) is 4.90 Å². The van der Waals surface area contributed by atoms with Crippen molar-refractivity contribution in [2.24, 2.45) is 0 Å². The molecule has 0 spiro atoms. The van der Waals surface area contributed by atoms with Gasteiger partial charge in [-0.3, -0.25) is 5.32 Å². The molecule has 0 unspecified atom stereocenters. The van der Waals surface area contributed by atoms with Crippen LogP contribution in [0.4, 0.5) is 10.6 Å². The lowest BCUT2D eigenvalue weighted by atomic mass is 10.3. The Morgan fingerprint density at radius 1 is 1.45 bits per heavy atom. The number of aryl methyl sites for hydroxylation is 2. The summed E-state index contributed by atoms with van der Waals surface area (Å²) in [6.45, 7) is 4.05. The Morgan fingerprint density at radius 3 is 2.80 bits per heavy atom. The molecule has 0 atom stereocenters. The number of halogens is 1. The minimum atomic E-state index is -0.250. The van der Waals surface area contributed by atoms with Crippen molar-refractivity contribution in [3.63, 3.8) is 0 Å². The van der Waals surface area contributed by atoms with E-state index in [0.29, 0.717) is 18.1 Å². The Bertz CT molecular complexity index is 627. The van der Waals surface area contributed by atoms with Crippen LogP contribution in [-0.2, 0) is 6.54 Å². The average Bonchev–Trinajstić information content (AvgIpc) is 2.79. The molecule has 2 aromatic rings. The number of carbonyl (C=O) groups is 1. The molecule has 0 saturated heterocycles. The second-order valence-electron chi connectivity index (χ2n) is 4.48. The van der Waals surface area contributed by atoms with Crippen molar-refractivity contribution in [2.75, 3.05) is 12.4 Å². The highest BCUT2D eigenvalue weighted by atomic mass is 79.9. The van der Waals surface area contributed by atoms with E-state index in [-0.39, 0.29) is 6.03 Å². The van der Waals surface area contributed by atoms with Crippen LogP contribution in [0.2, 0.25) is 0 Å². The van der Waals surface area contributed by atoms with Gasteiger partial charge in [-0.1, -0.05) is 5.16 Å². The van der Waals surface area contributed by atoms with Crippen molar-refractivity contribution >= 4 is 27.8 Å². The molecular formula is C13H15BrN4O2. The van der Waals surface area contributed by atoms with E-state index in [1.807, 2.05) is 19.9 Å². The van der Waals surface area contributed by atoms with E-state index < -0.39 is 0 Å². The fourth-order valence-electron chi connectivity index (χ4n) is 1.63. The molecule has 0 fully saturated rings. The number of aromatic nitrogens is 2. The first-order chi connectivity index (χ1) is 9.45. The summed E-state index contributed by atoms with van der Waals surface area (Å²) in [5.41, 5.74) is 1.53. The maximum absolute atomic E-state index is 12.0. The number of urea groups is 1. The Morgan fingerprint density at radius 2 is 2.20 bits per heavy atom. The van der Waals surface area contributed by atoms with Gasteiger partial charge >= 0.3 is 6.03 Å². The summed E-state index contributed by atoms with van der Waals surface area (Å²) in [5.74, 6) is 1.23. The second kappa shape index (κ2) is 6.04. The maximum atomic E-state index is 12.0. The number of hydrogen-bond donors (Lipinski definition) is 1. The molecule has 1 N–H and O–H groups in total. The van der Waals surface area contributed by atoms with Crippen LogP contribution < -0.4 is 5.32 Å². The molecule has 0 aliphatic heterocycles. The van der Waals surface area contributed by atoms with Crippen molar-refractivity contribution in [1.29, 1.82) is 0 Å². The summed E-state index contributed by atoms with van der Waals surface area (Å²) >= 11 is 3.37. The number of carbonyl (C=O) groups excluding carboxylic acids is 1. The number of hydrogen-bond acceptors (Lipinski definition) is 4. The molecule has 0 aliphatic carbocycles. The number of nitrogens with zero attached hydrogens (tertiary/aromatic N) is 3. The Balaban J connectivity index is 1.98. The molecule has 20 heavy (non-hydrogen) atoms. The van der Waals surface area contributed by atoms with Crippen LogP contribution in [0.15, 0.2) is 27.2 Å². The first kappa shape index (κ1) is 14.5. The van der Waals surface area contributed by atoms with Gasteiger partial charge in [0.2, 0.25) is 0 Å². The molecule has 6 nitrogen and oxygen atoms in total. The number of anilines is 1. The van der Waals surface area contributed by atoms with E-state index in [1.54, 1.807) is 19.2 Å². The molecule has 0 aromatic carbocycles. The quantitative estimate of drug-likeness (QED) is 0.933. The Hall–Kier alpha value is -1.89. The summed E-state index contributed by atoms with van der Waals surface area (Å²) in [7, 11) is 1.69. The highest BCUT2D eigenvalue weighted by Crippen LogP contribution is 2.16. The molecule has 2 aromatic heterocycles. The van der Waals surface area contributed by atoms with E-state index in [9.17, 15) is 4.79 Å². The minimum absolute atomic E-state index is 0.250. The van der Waals surface area contributed by atoms with E-state index in [4.69, 9.17) is 4.52 Å². The monoisotopic (exact) mass is 338 g/mol. The van der Waals surface area contributed by atoms with E-state index >= 15 is 0 Å². The van der Waals surface area contributed by atoms with Gasteiger partial charge in [0.05, 0.1) is 12.2 Å². The van der Waals surface area contributed by atoms with E-state index in [2.05, 4.69) is 31.4 Å². The smallest absolute Gasteiger partial charge is 0.323 e. The first-order valence-corrected chi connectivity index (χ1v) is 6.82. The third-order valence-electron chi connectivity index (χ3n) is 2.68. The van der Waals surface area contributed by atoms with Gasteiger partial charge in [0.15, 0.2) is 0 Å². The second-order valence-corrected chi connectivity index (χ2v) is 5.33. The molecule has 2 amide bonds. The zero-order valence-electron chi connectivity index (χ0n) is 11.5. The lowest BCUT2D eigenvalue weighted by Crippen LogP contribution is -2.31. The maximum Gasteiger partial charge on any atom is 0.323 e. The number of nitrogens with one attached hydrogen (secondary N) is 1. The minimum Gasteiger partial charge on any atom is -0.361 e. The van der Waals surface area contributed by atoms with Gasteiger partial charge in [0, 0.05) is 17.6 Å². The normalized spacial score (nSPS) is 10.4. The molecule has 7 heteroatoms. The van der Waals surface area contributed by atoms with Gasteiger partial charge in [-0.25, -0.2) is 9.78 Å². The van der Waals surface area contributed by atoms with Crippen LogP contribution >= 0.6 is 15.9 Å². The molecule has 2 heterocycles. The SMILES string of the molecule is Cc1cc(CN(C)C(=O)Nc2ccc(Br)c(C)n2)no1. The molecule has 106 valence electrons. The molecular weight excluding hydrogens is 324 g/mol. The lowest BCUT2D eigenvalue weighted by molar-refractivity contribution is 0.219. The predicted octanol–water partition coefficient (Wildman–Crippen LogP) is 3.11. The number of pyridine rings is 1. The zero-order chi connectivity index (χ0) is 14.7. The van der Waals surface area contributed by atoms with Crippen LogP contribution in [0.1, 0.15) is 17.1 Å². The average molecular weight is 339 g/mol. The molecule has 0 saturated carbocycles. The Labute approximate surface area is 125 Å². The standard InChI is InChI=1S/C13H15BrN4O2/c1-8-6-10(17-20-8)7-18(3)13(19)16-12-5-4-11(14)9(2)15-12/h4-6H,7H2,1-3H3,(H,15,16,19). The van der Waals surface area contributed by atoms with Gasteiger partial charge in [-0.15, -0.1) is 0 Å². The fraction of sp³-hybridized carbons (Fsp3) is 0.308. The van der Waals surface area contributed by atoms with Crippen LogP contribution in [0.5, 0.6) is 0 Å². The Kier molecular flexibility index (Phi) is 4.39. The summed E-state index contributed by atoms with van der Waals surface area (Å²) in [6.07, 6.45) is 0. The highest BCUT2D eigenvalue weighted by molar-refractivity contribution is 9.10.